The van der Waals surface area contributed by atoms with Gasteiger partial charge in [0.15, 0.2) is 5.43 Å². The SMILES string of the molecule is COc1ccc(-c2cc(=O)c3c(O)cccc3o2)cc1. The number of phenolic OH excluding ortho intramolecular Hbond substituents is 1. The van der Waals surface area contributed by atoms with Crippen LogP contribution < -0.4 is 10.2 Å². The highest BCUT2D eigenvalue weighted by molar-refractivity contribution is 5.84. The molecule has 2 aromatic carbocycles. The van der Waals surface area contributed by atoms with Gasteiger partial charge in [0, 0.05) is 11.6 Å². The third kappa shape index (κ3) is 2.01. The normalized spacial score (nSPS) is 10.7. The summed E-state index contributed by atoms with van der Waals surface area (Å²) in [6.45, 7) is 0. The third-order valence-electron chi connectivity index (χ3n) is 3.11. The minimum Gasteiger partial charge on any atom is -0.507 e. The summed E-state index contributed by atoms with van der Waals surface area (Å²) in [6.07, 6.45) is 0. The first-order valence-corrected chi connectivity index (χ1v) is 6.09. The van der Waals surface area contributed by atoms with Crippen LogP contribution in [0.2, 0.25) is 0 Å². The first kappa shape index (κ1) is 12.3. The largest absolute Gasteiger partial charge is 0.507 e. The van der Waals surface area contributed by atoms with Crippen molar-refractivity contribution in [1.82, 2.24) is 0 Å². The zero-order valence-electron chi connectivity index (χ0n) is 10.8. The van der Waals surface area contributed by atoms with Gasteiger partial charge < -0.3 is 14.3 Å². The first-order valence-electron chi connectivity index (χ1n) is 6.09. The molecule has 0 amide bonds. The molecule has 0 unspecified atom stereocenters. The van der Waals surface area contributed by atoms with E-state index in [2.05, 4.69) is 0 Å². The lowest BCUT2D eigenvalue weighted by Gasteiger charge is -2.05. The molecule has 0 fully saturated rings. The standard InChI is InChI=1S/C16H12O4/c1-19-11-7-5-10(6-8-11)15-9-13(18)16-12(17)3-2-4-14(16)20-15/h2-9,17H,1H3. The molecule has 20 heavy (non-hydrogen) atoms. The Balaban J connectivity index is 2.19. The van der Waals surface area contributed by atoms with E-state index in [1.54, 1.807) is 31.4 Å². The fraction of sp³-hybridized carbons (Fsp3) is 0.0625. The van der Waals surface area contributed by atoms with Crippen molar-refractivity contribution < 1.29 is 14.3 Å². The summed E-state index contributed by atoms with van der Waals surface area (Å²) in [5.74, 6) is 1.11. The molecule has 0 atom stereocenters. The van der Waals surface area contributed by atoms with Gasteiger partial charge in [0.1, 0.15) is 28.2 Å². The van der Waals surface area contributed by atoms with Gasteiger partial charge in [0.05, 0.1) is 7.11 Å². The number of hydrogen-bond donors (Lipinski definition) is 1. The molecule has 1 aromatic heterocycles. The quantitative estimate of drug-likeness (QED) is 0.775. The number of benzene rings is 2. The van der Waals surface area contributed by atoms with E-state index >= 15 is 0 Å². The van der Waals surface area contributed by atoms with Crippen molar-refractivity contribution in [3.05, 3.63) is 58.8 Å². The summed E-state index contributed by atoms with van der Waals surface area (Å²) in [4.78, 5) is 12.1. The van der Waals surface area contributed by atoms with Crippen LogP contribution in [0.4, 0.5) is 0 Å². The van der Waals surface area contributed by atoms with Crippen molar-refractivity contribution >= 4 is 11.0 Å². The molecule has 0 spiro atoms. The summed E-state index contributed by atoms with van der Waals surface area (Å²) < 4.78 is 10.8. The molecule has 0 bridgehead atoms. The average Bonchev–Trinajstić information content (AvgIpc) is 2.47. The van der Waals surface area contributed by atoms with Crippen LogP contribution in [0.1, 0.15) is 0 Å². The lowest BCUT2D eigenvalue weighted by molar-refractivity contribution is 0.415. The van der Waals surface area contributed by atoms with E-state index in [9.17, 15) is 9.90 Å². The van der Waals surface area contributed by atoms with Gasteiger partial charge in [-0.15, -0.1) is 0 Å². The van der Waals surface area contributed by atoms with Gasteiger partial charge in [0.25, 0.3) is 0 Å². The number of rotatable bonds is 2. The highest BCUT2D eigenvalue weighted by Gasteiger charge is 2.09. The second-order valence-corrected chi connectivity index (χ2v) is 4.35. The average molecular weight is 268 g/mol. The molecule has 0 radical (unpaired) electrons. The number of methoxy groups -OCH3 is 1. The molecule has 4 nitrogen and oxygen atoms in total. The molecular weight excluding hydrogens is 256 g/mol. The maximum Gasteiger partial charge on any atom is 0.197 e. The first-order chi connectivity index (χ1) is 9.69. The predicted molar refractivity (Wildman–Crippen MR) is 76.1 cm³/mol. The Hall–Kier alpha value is -2.75. The molecule has 4 heteroatoms. The summed E-state index contributed by atoms with van der Waals surface area (Å²) in [6, 6.07) is 13.3. The lowest BCUT2D eigenvalue weighted by Crippen LogP contribution is -2.00. The van der Waals surface area contributed by atoms with Crippen LogP contribution in [-0.4, -0.2) is 12.2 Å². The lowest BCUT2D eigenvalue weighted by atomic mass is 10.1. The van der Waals surface area contributed by atoms with Crippen LogP contribution in [0.15, 0.2) is 57.7 Å². The fourth-order valence-electron chi connectivity index (χ4n) is 2.09. The van der Waals surface area contributed by atoms with Crippen LogP contribution in [0.5, 0.6) is 11.5 Å². The Morgan fingerprint density at radius 2 is 1.85 bits per heavy atom. The predicted octanol–water partition coefficient (Wildman–Crippen LogP) is 3.17. The highest BCUT2D eigenvalue weighted by Crippen LogP contribution is 2.27. The molecule has 3 rings (SSSR count). The summed E-state index contributed by atoms with van der Waals surface area (Å²) >= 11 is 0. The second-order valence-electron chi connectivity index (χ2n) is 4.35. The number of hydrogen-bond acceptors (Lipinski definition) is 4. The van der Waals surface area contributed by atoms with E-state index in [1.807, 2.05) is 12.1 Å². The van der Waals surface area contributed by atoms with Crippen LogP contribution in [0.3, 0.4) is 0 Å². The fourth-order valence-corrected chi connectivity index (χ4v) is 2.09. The Morgan fingerprint density at radius 1 is 1.10 bits per heavy atom. The molecule has 100 valence electrons. The van der Waals surface area contributed by atoms with E-state index in [-0.39, 0.29) is 16.6 Å². The van der Waals surface area contributed by atoms with Crippen LogP contribution >= 0.6 is 0 Å². The molecule has 1 N–H and O–H groups in total. The van der Waals surface area contributed by atoms with Gasteiger partial charge in [-0.3, -0.25) is 4.79 Å². The number of ether oxygens (including phenoxy) is 1. The van der Waals surface area contributed by atoms with Gasteiger partial charge in [-0.1, -0.05) is 6.07 Å². The molecule has 3 aromatic rings. The monoisotopic (exact) mass is 268 g/mol. The third-order valence-corrected chi connectivity index (χ3v) is 3.11. The Morgan fingerprint density at radius 3 is 2.55 bits per heavy atom. The molecule has 1 heterocycles. The van der Waals surface area contributed by atoms with Crippen LogP contribution in [0, 0.1) is 0 Å². The van der Waals surface area contributed by atoms with E-state index in [0.29, 0.717) is 11.3 Å². The van der Waals surface area contributed by atoms with Gasteiger partial charge in [0.2, 0.25) is 0 Å². The molecule has 0 aliphatic heterocycles. The number of fused-ring (bicyclic) bond motifs is 1. The van der Waals surface area contributed by atoms with E-state index in [0.717, 1.165) is 11.3 Å². The molecule has 0 aliphatic carbocycles. The molecule has 0 saturated carbocycles. The van der Waals surface area contributed by atoms with Gasteiger partial charge in [-0.2, -0.15) is 0 Å². The maximum absolute atomic E-state index is 12.1. The topological polar surface area (TPSA) is 59.7 Å². The molecular formula is C16H12O4. The van der Waals surface area contributed by atoms with E-state index in [4.69, 9.17) is 9.15 Å². The van der Waals surface area contributed by atoms with Crippen molar-refractivity contribution in [1.29, 1.82) is 0 Å². The van der Waals surface area contributed by atoms with Crippen molar-refractivity contribution in [3.8, 4) is 22.8 Å². The zero-order chi connectivity index (χ0) is 14.1. The second kappa shape index (κ2) is 4.74. The summed E-state index contributed by atoms with van der Waals surface area (Å²) in [5.41, 5.74) is 0.867. The smallest absolute Gasteiger partial charge is 0.197 e. The zero-order valence-corrected chi connectivity index (χ0v) is 10.8. The van der Waals surface area contributed by atoms with Gasteiger partial charge >= 0.3 is 0 Å². The Labute approximate surface area is 114 Å². The molecule has 0 aliphatic rings. The molecule has 0 saturated heterocycles. The summed E-state index contributed by atoms with van der Waals surface area (Å²) in [7, 11) is 1.59. The van der Waals surface area contributed by atoms with Crippen molar-refractivity contribution in [3.63, 3.8) is 0 Å². The van der Waals surface area contributed by atoms with Crippen LogP contribution in [-0.2, 0) is 0 Å². The minimum atomic E-state index is -0.268. The van der Waals surface area contributed by atoms with Crippen molar-refractivity contribution in [2.45, 2.75) is 0 Å². The number of phenols is 1. The minimum absolute atomic E-state index is 0.0717. The maximum atomic E-state index is 12.1. The van der Waals surface area contributed by atoms with Gasteiger partial charge in [-0.25, -0.2) is 0 Å². The van der Waals surface area contributed by atoms with Crippen LogP contribution in [0.25, 0.3) is 22.3 Å². The van der Waals surface area contributed by atoms with E-state index < -0.39 is 0 Å². The van der Waals surface area contributed by atoms with E-state index in [1.165, 1.54) is 12.1 Å². The van der Waals surface area contributed by atoms with Crippen molar-refractivity contribution in [2.75, 3.05) is 7.11 Å². The Bertz CT molecular complexity index is 816. The Kier molecular flexibility index (Phi) is 2.91. The number of aromatic hydroxyl groups is 1. The van der Waals surface area contributed by atoms with Gasteiger partial charge in [-0.05, 0) is 36.4 Å². The highest BCUT2D eigenvalue weighted by atomic mass is 16.5. The summed E-state index contributed by atoms with van der Waals surface area (Å²) in [5, 5.41) is 9.90. The van der Waals surface area contributed by atoms with Crippen molar-refractivity contribution in [2.24, 2.45) is 0 Å².